The second-order valence-electron chi connectivity index (χ2n) is 3.22. The van der Waals surface area contributed by atoms with Crippen molar-refractivity contribution in [3.8, 4) is 0 Å². The van der Waals surface area contributed by atoms with Gasteiger partial charge in [-0.3, -0.25) is 9.78 Å². The van der Waals surface area contributed by atoms with Crippen molar-refractivity contribution < 1.29 is 14.7 Å². The van der Waals surface area contributed by atoms with Crippen LogP contribution in [-0.2, 0) is 4.79 Å². The highest BCUT2D eigenvalue weighted by Crippen LogP contribution is 2.02. The number of hydrogen-bond donors (Lipinski definition) is 1. The third-order valence-corrected chi connectivity index (χ3v) is 1.84. The molecule has 1 unspecified atom stereocenters. The maximum Gasteiger partial charge on any atom is 0.330 e. The molecule has 1 atom stereocenters. The standard InChI is InChI=1S/C10H11N3O3/c1-6-3-4-8(5-11-6)9(14)13-12-7(2)10(15)16/h3-5,7H,1-2H3,(H,15,16). The predicted octanol–water partition coefficient (Wildman–Crippen LogP) is 1.46. The number of pyridine rings is 1. The van der Waals surface area contributed by atoms with Gasteiger partial charge in [-0.25, -0.2) is 4.79 Å². The minimum atomic E-state index is -1.13. The molecule has 0 fully saturated rings. The molecule has 0 radical (unpaired) electrons. The average molecular weight is 221 g/mol. The van der Waals surface area contributed by atoms with E-state index in [1.165, 1.54) is 13.1 Å². The summed E-state index contributed by atoms with van der Waals surface area (Å²) in [7, 11) is 0. The van der Waals surface area contributed by atoms with E-state index in [1.807, 2.05) is 0 Å². The summed E-state index contributed by atoms with van der Waals surface area (Å²) in [6.45, 7) is 3.13. The molecule has 1 heterocycles. The highest BCUT2D eigenvalue weighted by molar-refractivity contribution is 5.94. The van der Waals surface area contributed by atoms with Crippen LogP contribution in [-0.4, -0.2) is 28.0 Å². The summed E-state index contributed by atoms with van der Waals surface area (Å²) in [6, 6.07) is 2.21. The van der Waals surface area contributed by atoms with Gasteiger partial charge in [0, 0.05) is 11.9 Å². The highest BCUT2D eigenvalue weighted by atomic mass is 16.4. The van der Waals surface area contributed by atoms with Crippen molar-refractivity contribution in [2.45, 2.75) is 19.9 Å². The summed E-state index contributed by atoms with van der Waals surface area (Å²) in [4.78, 5) is 25.7. The number of carboxylic acids is 1. The predicted molar refractivity (Wildman–Crippen MR) is 55.3 cm³/mol. The zero-order valence-corrected chi connectivity index (χ0v) is 8.91. The molecule has 0 aromatic carbocycles. The fourth-order valence-corrected chi connectivity index (χ4v) is 0.840. The lowest BCUT2D eigenvalue weighted by Gasteiger charge is -1.97. The first kappa shape index (κ1) is 12.0. The molecule has 0 saturated carbocycles. The van der Waals surface area contributed by atoms with Crippen LogP contribution in [0.3, 0.4) is 0 Å². The first-order valence-electron chi connectivity index (χ1n) is 4.61. The van der Waals surface area contributed by atoms with E-state index in [0.29, 0.717) is 0 Å². The molecule has 0 aliphatic carbocycles. The molecule has 16 heavy (non-hydrogen) atoms. The van der Waals surface area contributed by atoms with Gasteiger partial charge in [0.2, 0.25) is 0 Å². The molecule has 1 rings (SSSR count). The number of aryl methyl sites for hydroxylation is 1. The number of aliphatic carboxylic acids is 1. The topological polar surface area (TPSA) is 92.0 Å². The van der Waals surface area contributed by atoms with E-state index < -0.39 is 17.9 Å². The number of hydrogen-bond acceptors (Lipinski definition) is 4. The maximum atomic E-state index is 11.4. The van der Waals surface area contributed by atoms with Gasteiger partial charge in [-0.15, -0.1) is 5.11 Å². The van der Waals surface area contributed by atoms with Gasteiger partial charge >= 0.3 is 5.97 Å². The highest BCUT2D eigenvalue weighted by Gasteiger charge is 2.10. The van der Waals surface area contributed by atoms with Gasteiger partial charge in [0.25, 0.3) is 5.91 Å². The van der Waals surface area contributed by atoms with Gasteiger partial charge in [-0.1, -0.05) is 0 Å². The summed E-state index contributed by atoms with van der Waals surface area (Å²) < 4.78 is 0. The van der Waals surface area contributed by atoms with Crippen LogP contribution in [0, 0.1) is 6.92 Å². The molecular weight excluding hydrogens is 210 g/mol. The minimum absolute atomic E-state index is 0.284. The van der Waals surface area contributed by atoms with E-state index in [9.17, 15) is 9.59 Å². The van der Waals surface area contributed by atoms with Crippen molar-refractivity contribution in [1.82, 2.24) is 4.98 Å². The molecular formula is C10H11N3O3. The number of rotatable bonds is 3. The molecule has 1 aromatic rings. The Labute approximate surface area is 92.0 Å². The van der Waals surface area contributed by atoms with Crippen LogP contribution in [0.4, 0.5) is 0 Å². The van der Waals surface area contributed by atoms with Gasteiger partial charge in [-0.2, -0.15) is 5.11 Å². The fraction of sp³-hybridized carbons (Fsp3) is 0.300. The van der Waals surface area contributed by atoms with Crippen LogP contribution in [0.5, 0.6) is 0 Å². The quantitative estimate of drug-likeness (QED) is 0.782. The number of amides is 1. The number of azo groups is 1. The van der Waals surface area contributed by atoms with Crippen LogP contribution in [0.25, 0.3) is 0 Å². The summed E-state index contributed by atoms with van der Waals surface area (Å²) in [5, 5.41) is 15.2. The zero-order valence-electron chi connectivity index (χ0n) is 8.91. The largest absolute Gasteiger partial charge is 0.480 e. The van der Waals surface area contributed by atoms with E-state index in [0.717, 1.165) is 5.69 Å². The SMILES string of the molecule is Cc1ccc(C(=O)N=NC(C)C(=O)O)cn1. The maximum absolute atomic E-state index is 11.4. The number of nitrogens with zero attached hydrogens (tertiary/aromatic N) is 3. The summed E-state index contributed by atoms with van der Waals surface area (Å²) in [5.41, 5.74) is 1.07. The number of carbonyl (C=O) groups excluding carboxylic acids is 1. The van der Waals surface area contributed by atoms with Gasteiger partial charge in [-0.05, 0) is 26.0 Å². The Morgan fingerprint density at radius 1 is 1.44 bits per heavy atom. The van der Waals surface area contributed by atoms with E-state index in [4.69, 9.17) is 5.11 Å². The average Bonchev–Trinajstić information content (AvgIpc) is 2.26. The lowest BCUT2D eigenvalue weighted by atomic mass is 10.2. The molecule has 6 heteroatoms. The molecule has 0 bridgehead atoms. The van der Waals surface area contributed by atoms with Crippen LogP contribution in [0.15, 0.2) is 28.6 Å². The molecule has 0 saturated heterocycles. The molecule has 1 aromatic heterocycles. The second-order valence-corrected chi connectivity index (χ2v) is 3.22. The molecule has 0 spiro atoms. The Bertz CT molecular complexity index is 425. The van der Waals surface area contributed by atoms with Crippen molar-refractivity contribution in [2.75, 3.05) is 0 Å². The Balaban J connectivity index is 2.73. The van der Waals surface area contributed by atoms with E-state index in [2.05, 4.69) is 15.2 Å². The van der Waals surface area contributed by atoms with Crippen molar-refractivity contribution in [3.05, 3.63) is 29.6 Å². The minimum Gasteiger partial charge on any atom is -0.480 e. The zero-order chi connectivity index (χ0) is 12.1. The van der Waals surface area contributed by atoms with Crippen molar-refractivity contribution in [1.29, 1.82) is 0 Å². The van der Waals surface area contributed by atoms with Crippen LogP contribution in [0.1, 0.15) is 23.0 Å². The number of carbonyl (C=O) groups is 2. The van der Waals surface area contributed by atoms with E-state index >= 15 is 0 Å². The van der Waals surface area contributed by atoms with Crippen molar-refractivity contribution >= 4 is 11.9 Å². The molecule has 0 aliphatic rings. The molecule has 1 N–H and O–H groups in total. The van der Waals surface area contributed by atoms with Gasteiger partial charge in [0.05, 0.1) is 5.56 Å². The lowest BCUT2D eigenvalue weighted by molar-refractivity contribution is -0.138. The monoisotopic (exact) mass is 221 g/mol. The third-order valence-electron chi connectivity index (χ3n) is 1.84. The van der Waals surface area contributed by atoms with Crippen LogP contribution < -0.4 is 0 Å². The molecule has 1 amide bonds. The number of carboxylic acid groups (broad SMARTS) is 1. The first-order chi connectivity index (χ1) is 7.50. The Morgan fingerprint density at radius 2 is 2.12 bits per heavy atom. The number of aromatic nitrogens is 1. The molecule has 0 aliphatic heterocycles. The van der Waals surface area contributed by atoms with Crippen molar-refractivity contribution in [2.24, 2.45) is 10.2 Å². The Kier molecular flexibility index (Phi) is 3.82. The van der Waals surface area contributed by atoms with Crippen LogP contribution in [0.2, 0.25) is 0 Å². The first-order valence-corrected chi connectivity index (χ1v) is 4.61. The molecule has 6 nitrogen and oxygen atoms in total. The van der Waals surface area contributed by atoms with E-state index in [1.54, 1.807) is 19.1 Å². The smallest absolute Gasteiger partial charge is 0.330 e. The van der Waals surface area contributed by atoms with Crippen LogP contribution >= 0.6 is 0 Å². The van der Waals surface area contributed by atoms with Crippen molar-refractivity contribution in [3.63, 3.8) is 0 Å². The molecule has 84 valence electrons. The Morgan fingerprint density at radius 3 is 2.62 bits per heavy atom. The second kappa shape index (κ2) is 5.11. The van der Waals surface area contributed by atoms with Gasteiger partial charge < -0.3 is 5.11 Å². The Hall–Kier alpha value is -2.11. The third kappa shape index (κ3) is 3.23. The summed E-state index contributed by atoms with van der Waals surface area (Å²) in [6.07, 6.45) is 1.38. The normalized spacial score (nSPS) is 12.6. The lowest BCUT2D eigenvalue weighted by Crippen LogP contribution is -2.12. The fourth-order valence-electron chi connectivity index (χ4n) is 0.840. The van der Waals surface area contributed by atoms with Gasteiger partial charge in [0.1, 0.15) is 0 Å². The van der Waals surface area contributed by atoms with Gasteiger partial charge in [0.15, 0.2) is 6.04 Å². The summed E-state index contributed by atoms with van der Waals surface area (Å²) in [5.74, 6) is -1.72. The van der Waals surface area contributed by atoms with E-state index in [-0.39, 0.29) is 5.56 Å². The summed E-state index contributed by atoms with van der Waals surface area (Å²) >= 11 is 0.